The molecule has 0 saturated heterocycles. The molecule has 1 heterocycles. The molecule has 1 aromatic rings. The van der Waals surface area contributed by atoms with Crippen LogP contribution in [0.1, 0.15) is 39.2 Å². The number of carboxylic acid groups (broad SMARTS) is 1. The van der Waals surface area contributed by atoms with Gasteiger partial charge in [0.05, 0.1) is 11.7 Å². The zero-order valence-electron chi connectivity index (χ0n) is 10.5. The number of aromatic nitrogens is 2. The molecule has 0 aromatic carbocycles. The molecular formula is C12H19N3O2. The van der Waals surface area contributed by atoms with Crippen LogP contribution in [0, 0.1) is 0 Å². The van der Waals surface area contributed by atoms with Crippen LogP contribution in [0.2, 0.25) is 0 Å². The van der Waals surface area contributed by atoms with E-state index in [1.165, 1.54) is 0 Å². The van der Waals surface area contributed by atoms with Crippen LogP contribution in [-0.4, -0.2) is 26.9 Å². The number of hydrogen-bond acceptors (Lipinski definition) is 3. The molecule has 2 rings (SSSR count). The Morgan fingerprint density at radius 1 is 1.59 bits per heavy atom. The molecule has 1 unspecified atom stereocenters. The number of aliphatic carboxylic acids is 1. The highest BCUT2D eigenvalue weighted by Gasteiger charge is 2.53. The van der Waals surface area contributed by atoms with Crippen molar-refractivity contribution in [2.24, 2.45) is 5.73 Å². The standard InChI is InChI=1S/C12H19N3O2/c1-11(2,3)15-7-8(6-14-15)12(4-5-12)9(13)10(16)17/h6-7,9H,4-5,13H2,1-3H3,(H,16,17). The second-order valence-electron chi connectivity index (χ2n) is 5.82. The van der Waals surface area contributed by atoms with Gasteiger partial charge in [0.25, 0.3) is 0 Å². The van der Waals surface area contributed by atoms with Gasteiger partial charge in [0, 0.05) is 11.6 Å². The first-order valence-electron chi connectivity index (χ1n) is 5.81. The molecule has 1 aromatic heterocycles. The first-order chi connectivity index (χ1) is 7.77. The lowest BCUT2D eigenvalue weighted by Crippen LogP contribution is -2.41. The molecule has 5 nitrogen and oxygen atoms in total. The quantitative estimate of drug-likeness (QED) is 0.824. The Kier molecular flexibility index (Phi) is 2.54. The fourth-order valence-electron chi connectivity index (χ4n) is 2.10. The minimum atomic E-state index is -0.939. The second kappa shape index (κ2) is 3.57. The van der Waals surface area contributed by atoms with Crippen molar-refractivity contribution in [3.8, 4) is 0 Å². The van der Waals surface area contributed by atoms with Gasteiger partial charge in [-0.15, -0.1) is 0 Å². The predicted octanol–water partition coefficient (Wildman–Crippen LogP) is 1.08. The lowest BCUT2D eigenvalue weighted by atomic mass is 9.91. The van der Waals surface area contributed by atoms with Crippen molar-refractivity contribution in [3.05, 3.63) is 18.0 Å². The van der Waals surface area contributed by atoms with Gasteiger partial charge in [-0.25, -0.2) is 0 Å². The van der Waals surface area contributed by atoms with Crippen molar-refractivity contribution in [1.29, 1.82) is 0 Å². The second-order valence-corrected chi connectivity index (χ2v) is 5.82. The van der Waals surface area contributed by atoms with E-state index >= 15 is 0 Å². The van der Waals surface area contributed by atoms with Crippen molar-refractivity contribution in [2.45, 2.75) is 50.6 Å². The summed E-state index contributed by atoms with van der Waals surface area (Å²) in [6.07, 6.45) is 5.34. The molecular weight excluding hydrogens is 218 g/mol. The first-order valence-corrected chi connectivity index (χ1v) is 5.81. The first kappa shape index (κ1) is 12.1. The number of rotatable bonds is 3. The smallest absolute Gasteiger partial charge is 0.321 e. The predicted molar refractivity (Wildman–Crippen MR) is 63.7 cm³/mol. The number of carbonyl (C=O) groups is 1. The maximum absolute atomic E-state index is 11.0. The van der Waals surface area contributed by atoms with Gasteiger partial charge in [0.2, 0.25) is 0 Å². The Morgan fingerprint density at radius 2 is 2.18 bits per heavy atom. The van der Waals surface area contributed by atoms with Crippen molar-refractivity contribution in [2.75, 3.05) is 0 Å². The molecule has 3 N–H and O–H groups in total. The molecule has 1 aliphatic rings. The van der Waals surface area contributed by atoms with Crippen molar-refractivity contribution in [3.63, 3.8) is 0 Å². The van der Waals surface area contributed by atoms with E-state index < -0.39 is 17.4 Å². The minimum absolute atomic E-state index is 0.0956. The molecule has 0 radical (unpaired) electrons. The zero-order chi connectivity index (χ0) is 12.8. The zero-order valence-corrected chi connectivity index (χ0v) is 10.5. The monoisotopic (exact) mass is 237 g/mol. The summed E-state index contributed by atoms with van der Waals surface area (Å²) in [6, 6.07) is -0.833. The van der Waals surface area contributed by atoms with Gasteiger partial charge in [-0.1, -0.05) is 0 Å². The Balaban J connectivity index is 2.30. The average molecular weight is 237 g/mol. The molecule has 0 spiro atoms. The van der Waals surface area contributed by atoms with Gasteiger partial charge < -0.3 is 10.8 Å². The van der Waals surface area contributed by atoms with Gasteiger partial charge >= 0.3 is 5.97 Å². The molecule has 0 bridgehead atoms. The van der Waals surface area contributed by atoms with E-state index in [-0.39, 0.29) is 5.54 Å². The molecule has 94 valence electrons. The third-order valence-corrected chi connectivity index (χ3v) is 3.49. The number of nitrogens with two attached hydrogens (primary N) is 1. The Hall–Kier alpha value is -1.36. The summed E-state index contributed by atoms with van der Waals surface area (Å²) in [5.74, 6) is -0.939. The molecule has 1 aliphatic carbocycles. The van der Waals surface area contributed by atoms with E-state index in [2.05, 4.69) is 25.9 Å². The summed E-state index contributed by atoms with van der Waals surface area (Å²) < 4.78 is 1.86. The summed E-state index contributed by atoms with van der Waals surface area (Å²) >= 11 is 0. The maximum atomic E-state index is 11.0. The van der Waals surface area contributed by atoms with E-state index in [1.54, 1.807) is 6.20 Å². The summed E-state index contributed by atoms with van der Waals surface area (Å²) in [5.41, 5.74) is 6.23. The minimum Gasteiger partial charge on any atom is -0.480 e. The molecule has 17 heavy (non-hydrogen) atoms. The van der Waals surface area contributed by atoms with Crippen LogP contribution in [0.15, 0.2) is 12.4 Å². The van der Waals surface area contributed by atoms with E-state index in [0.29, 0.717) is 0 Å². The highest BCUT2D eigenvalue weighted by Crippen LogP contribution is 2.50. The van der Waals surface area contributed by atoms with Crippen LogP contribution < -0.4 is 5.73 Å². The Morgan fingerprint density at radius 3 is 2.53 bits per heavy atom. The SMILES string of the molecule is CC(C)(C)n1cc(C2(C(N)C(=O)O)CC2)cn1. The lowest BCUT2D eigenvalue weighted by molar-refractivity contribution is -0.139. The average Bonchev–Trinajstić information content (AvgIpc) is 2.85. The largest absolute Gasteiger partial charge is 0.480 e. The fourth-order valence-corrected chi connectivity index (χ4v) is 2.10. The number of hydrogen-bond donors (Lipinski definition) is 2. The normalized spacial score (nSPS) is 20.0. The fraction of sp³-hybridized carbons (Fsp3) is 0.667. The highest BCUT2D eigenvalue weighted by atomic mass is 16.4. The van der Waals surface area contributed by atoms with Crippen LogP contribution in [0.3, 0.4) is 0 Å². The van der Waals surface area contributed by atoms with E-state index in [0.717, 1.165) is 18.4 Å². The van der Waals surface area contributed by atoms with Gasteiger partial charge in [-0.3, -0.25) is 9.48 Å². The van der Waals surface area contributed by atoms with E-state index in [4.69, 9.17) is 10.8 Å². The van der Waals surface area contributed by atoms with Gasteiger partial charge in [0.1, 0.15) is 6.04 Å². The van der Waals surface area contributed by atoms with Crippen LogP contribution >= 0.6 is 0 Å². The third-order valence-electron chi connectivity index (χ3n) is 3.49. The van der Waals surface area contributed by atoms with Crippen molar-refractivity contribution >= 4 is 5.97 Å². The lowest BCUT2D eigenvalue weighted by Gasteiger charge is -2.20. The molecule has 0 aliphatic heterocycles. The van der Waals surface area contributed by atoms with E-state index in [1.807, 2.05) is 10.9 Å². The number of nitrogens with zero attached hydrogens (tertiary/aromatic N) is 2. The van der Waals surface area contributed by atoms with Gasteiger partial charge in [0.15, 0.2) is 0 Å². The van der Waals surface area contributed by atoms with Gasteiger partial charge in [-0.05, 0) is 39.2 Å². The summed E-state index contributed by atoms with van der Waals surface area (Å²) in [7, 11) is 0. The van der Waals surface area contributed by atoms with Crippen LogP contribution in [0.25, 0.3) is 0 Å². The van der Waals surface area contributed by atoms with Gasteiger partial charge in [-0.2, -0.15) is 5.10 Å². The Labute approximate surface area is 101 Å². The van der Waals surface area contributed by atoms with Crippen molar-refractivity contribution < 1.29 is 9.90 Å². The molecule has 1 saturated carbocycles. The molecule has 0 amide bonds. The highest BCUT2D eigenvalue weighted by molar-refractivity contribution is 5.76. The summed E-state index contributed by atoms with van der Waals surface area (Å²) in [4.78, 5) is 11.0. The molecule has 5 heteroatoms. The van der Waals surface area contributed by atoms with Crippen LogP contribution in [0.5, 0.6) is 0 Å². The third kappa shape index (κ3) is 1.95. The maximum Gasteiger partial charge on any atom is 0.321 e. The Bertz CT molecular complexity index is 441. The molecule has 1 fully saturated rings. The van der Waals surface area contributed by atoms with Crippen LogP contribution in [-0.2, 0) is 15.7 Å². The number of carboxylic acids is 1. The molecule has 1 atom stereocenters. The summed E-state index contributed by atoms with van der Waals surface area (Å²) in [5, 5.41) is 13.3. The van der Waals surface area contributed by atoms with E-state index in [9.17, 15) is 4.79 Å². The summed E-state index contributed by atoms with van der Waals surface area (Å²) in [6.45, 7) is 6.17. The topological polar surface area (TPSA) is 81.1 Å². The van der Waals surface area contributed by atoms with Crippen LogP contribution in [0.4, 0.5) is 0 Å². The van der Waals surface area contributed by atoms with Crippen molar-refractivity contribution in [1.82, 2.24) is 9.78 Å².